The van der Waals surface area contributed by atoms with Crippen LogP contribution in [-0.2, 0) is 6.54 Å². The lowest BCUT2D eigenvalue weighted by molar-refractivity contribution is 0.130. The van der Waals surface area contributed by atoms with Gasteiger partial charge in [0.05, 0.1) is 12.3 Å². The van der Waals surface area contributed by atoms with Gasteiger partial charge in [0, 0.05) is 24.2 Å². The zero-order valence-electron chi connectivity index (χ0n) is 10.9. The molecule has 1 unspecified atom stereocenters. The maximum absolute atomic E-state index is 10.4. The number of aromatic nitrogens is 2. The van der Waals surface area contributed by atoms with Gasteiger partial charge in [-0.2, -0.15) is 5.10 Å². The number of hydrogen-bond donors (Lipinski definition) is 1. The molecule has 0 radical (unpaired) electrons. The summed E-state index contributed by atoms with van der Waals surface area (Å²) in [5.74, 6) is 0.328. The molecule has 1 aromatic heterocycles. The molecule has 90 valence electrons. The Kier molecular flexibility index (Phi) is 2.42. The van der Waals surface area contributed by atoms with Gasteiger partial charge in [-0.25, -0.2) is 0 Å². The van der Waals surface area contributed by atoms with E-state index < -0.39 is 0 Å². The zero-order valence-corrected chi connectivity index (χ0v) is 10.9. The Morgan fingerprint density at radius 1 is 1.38 bits per heavy atom. The molecule has 16 heavy (non-hydrogen) atoms. The Balaban J connectivity index is 2.18. The van der Waals surface area contributed by atoms with Crippen LogP contribution in [0.5, 0.6) is 0 Å². The van der Waals surface area contributed by atoms with Crippen LogP contribution in [0.15, 0.2) is 12.4 Å². The van der Waals surface area contributed by atoms with E-state index in [1.54, 1.807) is 6.20 Å². The first-order valence-corrected chi connectivity index (χ1v) is 6.02. The highest BCUT2D eigenvalue weighted by Crippen LogP contribution is 2.72. The topological polar surface area (TPSA) is 38.0 Å². The van der Waals surface area contributed by atoms with Crippen LogP contribution in [0.1, 0.15) is 46.3 Å². The minimum atomic E-state index is -0.384. The van der Waals surface area contributed by atoms with Crippen molar-refractivity contribution in [3.63, 3.8) is 0 Å². The highest BCUT2D eigenvalue weighted by atomic mass is 16.3. The standard InChI is InChI=1S/C13H22N2O/c1-6-15-8-9(7-14-15)10(16)11-12(2,3)13(11,4)5/h7-8,10-11,16H,6H2,1-5H3. The predicted molar refractivity (Wildman–Crippen MR) is 63.9 cm³/mol. The lowest BCUT2D eigenvalue weighted by Crippen LogP contribution is -2.04. The molecule has 1 N–H and O–H groups in total. The number of rotatable bonds is 3. The molecule has 0 aromatic carbocycles. The minimum Gasteiger partial charge on any atom is -0.388 e. The molecule has 1 aromatic rings. The molecule has 0 saturated heterocycles. The lowest BCUT2D eigenvalue weighted by atomic mass is 10.0. The quantitative estimate of drug-likeness (QED) is 0.853. The summed E-state index contributed by atoms with van der Waals surface area (Å²) >= 11 is 0. The van der Waals surface area contributed by atoms with Gasteiger partial charge in [0.1, 0.15) is 0 Å². The largest absolute Gasteiger partial charge is 0.388 e. The summed E-state index contributed by atoms with van der Waals surface area (Å²) in [6.07, 6.45) is 3.36. The van der Waals surface area contributed by atoms with Crippen LogP contribution in [0.3, 0.4) is 0 Å². The molecule has 1 saturated carbocycles. The molecule has 0 aliphatic heterocycles. The van der Waals surface area contributed by atoms with E-state index in [1.165, 1.54) is 0 Å². The molecule has 2 rings (SSSR count). The molecule has 1 heterocycles. The summed E-state index contributed by atoms with van der Waals surface area (Å²) in [6.45, 7) is 11.8. The van der Waals surface area contributed by atoms with Crippen LogP contribution in [0, 0.1) is 16.7 Å². The minimum absolute atomic E-state index is 0.209. The molecule has 0 amide bonds. The summed E-state index contributed by atoms with van der Waals surface area (Å²) in [6, 6.07) is 0. The second-order valence-corrected chi connectivity index (χ2v) is 6.00. The predicted octanol–water partition coefficient (Wildman–Crippen LogP) is 2.62. The Hall–Kier alpha value is -0.830. The van der Waals surface area contributed by atoms with Crippen LogP contribution >= 0.6 is 0 Å². The lowest BCUT2D eigenvalue weighted by Gasteiger charge is -2.10. The van der Waals surface area contributed by atoms with Crippen molar-refractivity contribution in [1.82, 2.24) is 9.78 Å². The molecule has 3 nitrogen and oxygen atoms in total. The van der Waals surface area contributed by atoms with E-state index in [9.17, 15) is 5.11 Å². The molecular formula is C13H22N2O. The SMILES string of the molecule is CCn1cc(C(O)C2C(C)(C)C2(C)C)cn1. The molecule has 3 heteroatoms. The van der Waals surface area contributed by atoms with Gasteiger partial charge in [-0.15, -0.1) is 0 Å². The number of aryl methyl sites for hydroxylation is 1. The van der Waals surface area contributed by atoms with Crippen molar-refractivity contribution in [3.8, 4) is 0 Å². The summed E-state index contributed by atoms with van der Waals surface area (Å²) in [5.41, 5.74) is 1.37. The first kappa shape index (κ1) is 11.6. The second-order valence-electron chi connectivity index (χ2n) is 6.00. The van der Waals surface area contributed by atoms with E-state index in [0.29, 0.717) is 5.92 Å². The van der Waals surface area contributed by atoms with Crippen molar-refractivity contribution >= 4 is 0 Å². The number of nitrogens with zero attached hydrogens (tertiary/aromatic N) is 2. The molecule has 1 fully saturated rings. The molecule has 0 bridgehead atoms. The third-order valence-corrected chi connectivity index (χ3v) is 4.77. The normalized spacial score (nSPS) is 24.4. The van der Waals surface area contributed by atoms with Gasteiger partial charge in [0.25, 0.3) is 0 Å². The fourth-order valence-corrected chi connectivity index (χ4v) is 2.93. The summed E-state index contributed by atoms with van der Waals surface area (Å²) < 4.78 is 1.86. The third-order valence-electron chi connectivity index (χ3n) is 4.77. The highest BCUT2D eigenvalue weighted by Gasteiger charge is 2.67. The van der Waals surface area contributed by atoms with E-state index in [2.05, 4.69) is 32.8 Å². The van der Waals surface area contributed by atoms with Crippen molar-refractivity contribution in [1.29, 1.82) is 0 Å². The van der Waals surface area contributed by atoms with Gasteiger partial charge in [-0.3, -0.25) is 4.68 Å². The van der Waals surface area contributed by atoms with Gasteiger partial charge < -0.3 is 5.11 Å². The Labute approximate surface area is 97.5 Å². The third kappa shape index (κ3) is 1.41. The van der Waals surface area contributed by atoms with Crippen molar-refractivity contribution in [2.45, 2.75) is 47.3 Å². The van der Waals surface area contributed by atoms with Crippen LogP contribution in [0.25, 0.3) is 0 Å². The van der Waals surface area contributed by atoms with Crippen LogP contribution in [0.2, 0.25) is 0 Å². The average Bonchev–Trinajstić information content (AvgIpc) is 2.59. The average molecular weight is 222 g/mol. The molecular weight excluding hydrogens is 200 g/mol. The molecule has 0 spiro atoms. The van der Waals surface area contributed by atoms with Gasteiger partial charge in [0.2, 0.25) is 0 Å². The second kappa shape index (κ2) is 3.33. The van der Waals surface area contributed by atoms with Crippen LogP contribution in [0.4, 0.5) is 0 Å². The Morgan fingerprint density at radius 2 is 1.94 bits per heavy atom. The van der Waals surface area contributed by atoms with Crippen molar-refractivity contribution < 1.29 is 5.11 Å². The smallest absolute Gasteiger partial charge is 0.0859 e. The maximum atomic E-state index is 10.4. The van der Waals surface area contributed by atoms with Crippen LogP contribution in [-0.4, -0.2) is 14.9 Å². The first-order chi connectivity index (χ1) is 7.32. The first-order valence-electron chi connectivity index (χ1n) is 6.02. The summed E-state index contributed by atoms with van der Waals surface area (Å²) in [7, 11) is 0. The zero-order chi connectivity index (χ0) is 12.1. The fraction of sp³-hybridized carbons (Fsp3) is 0.769. The Bertz CT molecular complexity index is 378. The summed E-state index contributed by atoms with van der Waals surface area (Å²) in [5, 5.41) is 14.6. The Morgan fingerprint density at radius 3 is 2.31 bits per heavy atom. The van der Waals surface area contributed by atoms with E-state index in [-0.39, 0.29) is 16.9 Å². The number of aliphatic hydroxyl groups excluding tert-OH is 1. The maximum Gasteiger partial charge on any atom is 0.0859 e. The van der Waals surface area contributed by atoms with Gasteiger partial charge in [-0.05, 0) is 17.8 Å². The van der Waals surface area contributed by atoms with E-state index in [0.717, 1.165) is 12.1 Å². The molecule has 1 aliphatic carbocycles. The van der Waals surface area contributed by atoms with Gasteiger partial charge in [0.15, 0.2) is 0 Å². The highest BCUT2D eigenvalue weighted by molar-refractivity contribution is 5.22. The van der Waals surface area contributed by atoms with Crippen molar-refractivity contribution in [3.05, 3.63) is 18.0 Å². The fourth-order valence-electron chi connectivity index (χ4n) is 2.93. The van der Waals surface area contributed by atoms with E-state index >= 15 is 0 Å². The molecule has 1 atom stereocenters. The van der Waals surface area contributed by atoms with Crippen molar-refractivity contribution in [2.75, 3.05) is 0 Å². The van der Waals surface area contributed by atoms with Gasteiger partial charge >= 0.3 is 0 Å². The number of hydrogen-bond acceptors (Lipinski definition) is 2. The van der Waals surface area contributed by atoms with Crippen molar-refractivity contribution in [2.24, 2.45) is 16.7 Å². The van der Waals surface area contributed by atoms with E-state index in [4.69, 9.17) is 0 Å². The summed E-state index contributed by atoms with van der Waals surface area (Å²) in [4.78, 5) is 0. The molecule has 1 aliphatic rings. The number of aliphatic hydroxyl groups is 1. The van der Waals surface area contributed by atoms with E-state index in [1.807, 2.05) is 17.8 Å². The van der Waals surface area contributed by atoms with Gasteiger partial charge in [-0.1, -0.05) is 27.7 Å². The monoisotopic (exact) mass is 222 g/mol. The van der Waals surface area contributed by atoms with Crippen LogP contribution < -0.4 is 0 Å².